The number of rotatable bonds is 0. The first-order valence-electron chi connectivity index (χ1n) is 3.32. The number of aromatic nitrogens is 1. The Morgan fingerprint density at radius 3 is 2.00 bits per heavy atom. The third kappa shape index (κ3) is 7.44. The van der Waals surface area contributed by atoms with Gasteiger partial charge in [0.05, 0.1) is 6.07 Å². The smallest absolute Gasteiger partial charge is 0.228 e. The van der Waals surface area contributed by atoms with Crippen molar-refractivity contribution in [3.63, 3.8) is 0 Å². The molecule has 0 saturated carbocycles. The van der Waals surface area contributed by atoms with E-state index in [4.69, 9.17) is 22.0 Å². The van der Waals surface area contributed by atoms with Crippen molar-refractivity contribution in [2.45, 2.75) is 13.8 Å². The van der Waals surface area contributed by atoms with E-state index >= 15 is 0 Å². The average Bonchev–Trinajstić information content (AvgIpc) is 2.05. The maximum Gasteiger partial charge on any atom is 0.228 e. The highest BCUT2D eigenvalue weighted by molar-refractivity contribution is 7.79. The van der Waals surface area contributed by atoms with E-state index in [1.807, 2.05) is 27.0 Å². The molecule has 0 aliphatic heterocycles. The fraction of sp³-hybridized carbons (Fsp3) is 0.500. The van der Waals surface area contributed by atoms with Crippen molar-refractivity contribution in [2.75, 3.05) is 0 Å². The lowest BCUT2D eigenvalue weighted by Gasteiger charge is -1.88. The molecule has 0 aliphatic carbocycles. The van der Waals surface area contributed by atoms with Gasteiger partial charge in [-0.15, -0.1) is 0 Å². The molecule has 76 valence electrons. The van der Waals surface area contributed by atoms with E-state index in [0.29, 0.717) is 0 Å². The number of aryl methyl sites for hydroxylation is 3. The van der Waals surface area contributed by atoms with Crippen LogP contribution in [0.4, 0.5) is 0 Å². The van der Waals surface area contributed by atoms with Crippen LogP contribution < -0.4 is 4.74 Å². The zero-order chi connectivity index (χ0) is 10.6. The molecule has 1 aromatic heterocycles. The van der Waals surface area contributed by atoms with Gasteiger partial charge in [0.1, 0.15) is 0 Å². The normalized spacial score (nSPS) is 10.5. The van der Waals surface area contributed by atoms with Gasteiger partial charge in [-0.25, -0.2) is 12.9 Å². The second-order valence-corrected chi connectivity index (χ2v) is 3.27. The quantitative estimate of drug-likeness (QED) is 0.360. The number of hydrogen-bond acceptors (Lipinski definition) is 4. The van der Waals surface area contributed by atoms with Crippen molar-refractivity contribution in [1.29, 1.82) is 0 Å². The summed E-state index contributed by atoms with van der Waals surface area (Å²) >= 11 is 0. The molecule has 1 rings (SSSR count). The monoisotopic (exact) mass is 209 g/mol. The lowest BCUT2D eigenvalue weighted by atomic mass is 10.4. The molecule has 6 nitrogen and oxygen atoms in total. The first kappa shape index (κ1) is 12.1. The SMILES string of the molecule is Cc1cc(C)[n+](C)o1.O=S(=O)([O-])O. The molecular formula is C6H11NO5S. The van der Waals surface area contributed by atoms with Crippen LogP contribution in [-0.4, -0.2) is 17.5 Å². The fourth-order valence-corrected chi connectivity index (χ4v) is 0.699. The molecule has 1 heterocycles. The van der Waals surface area contributed by atoms with Crippen LogP contribution in [0.15, 0.2) is 10.6 Å². The number of hydrogen-bond donors (Lipinski definition) is 1. The van der Waals surface area contributed by atoms with Gasteiger partial charge in [0, 0.05) is 13.8 Å². The van der Waals surface area contributed by atoms with Crippen LogP contribution in [0.5, 0.6) is 0 Å². The van der Waals surface area contributed by atoms with Gasteiger partial charge in [-0.05, 0) is 4.74 Å². The highest BCUT2D eigenvalue weighted by atomic mass is 32.3. The molecule has 0 unspecified atom stereocenters. The van der Waals surface area contributed by atoms with Gasteiger partial charge in [-0.2, -0.15) is 0 Å². The average molecular weight is 209 g/mol. The molecule has 0 saturated heterocycles. The van der Waals surface area contributed by atoms with E-state index in [0.717, 1.165) is 11.5 Å². The van der Waals surface area contributed by atoms with Crippen molar-refractivity contribution in [1.82, 2.24) is 0 Å². The van der Waals surface area contributed by atoms with Crippen molar-refractivity contribution >= 4 is 10.4 Å². The Labute approximate surface area is 76.3 Å². The highest BCUT2D eigenvalue weighted by Crippen LogP contribution is 1.94. The first-order chi connectivity index (χ1) is 5.70. The number of nitrogens with zero attached hydrogens (tertiary/aromatic N) is 1. The second-order valence-electron chi connectivity index (χ2n) is 2.41. The van der Waals surface area contributed by atoms with Gasteiger partial charge in [-0.1, -0.05) is 0 Å². The van der Waals surface area contributed by atoms with Gasteiger partial charge in [0.15, 0.2) is 12.8 Å². The van der Waals surface area contributed by atoms with Crippen LogP contribution in [-0.2, 0) is 17.4 Å². The van der Waals surface area contributed by atoms with Crippen LogP contribution in [0.25, 0.3) is 0 Å². The van der Waals surface area contributed by atoms with Crippen LogP contribution in [0, 0.1) is 13.8 Å². The Morgan fingerprint density at radius 1 is 1.54 bits per heavy atom. The summed E-state index contributed by atoms with van der Waals surface area (Å²) in [4.78, 5) is 0. The Balaban J connectivity index is 0.000000252. The van der Waals surface area contributed by atoms with E-state index in [1.165, 1.54) is 0 Å². The molecule has 7 heteroatoms. The molecule has 1 aromatic rings. The maximum atomic E-state index is 8.63. The summed E-state index contributed by atoms with van der Waals surface area (Å²) in [5.74, 6) is 0.963. The Bertz CT molecular complexity index is 339. The van der Waals surface area contributed by atoms with E-state index in [2.05, 4.69) is 0 Å². The predicted octanol–water partition coefficient (Wildman–Crippen LogP) is -0.274. The molecule has 0 atom stereocenters. The second kappa shape index (κ2) is 4.35. The van der Waals surface area contributed by atoms with E-state index < -0.39 is 10.4 Å². The summed E-state index contributed by atoms with van der Waals surface area (Å²) in [5.41, 5.74) is 1.16. The molecule has 13 heavy (non-hydrogen) atoms. The minimum atomic E-state index is -4.92. The third-order valence-electron chi connectivity index (χ3n) is 1.19. The molecule has 0 amide bonds. The van der Waals surface area contributed by atoms with Crippen LogP contribution in [0.3, 0.4) is 0 Å². The molecule has 0 aromatic carbocycles. The third-order valence-corrected chi connectivity index (χ3v) is 1.19. The standard InChI is InChI=1S/C6H10NO.H2O4S/c1-5-4-6(2)8-7(5)3;1-5(2,3)4/h4H,1-3H3;(H2,1,2,3,4)/q+1;/p-1. The Morgan fingerprint density at radius 2 is 1.92 bits per heavy atom. The molecule has 0 bridgehead atoms. The molecule has 0 fully saturated rings. The van der Waals surface area contributed by atoms with Crippen LogP contribution in [0.2, 0.25) is 0 Å². The molecule has 0 aliphatic rings. The van der Waals surface area contributed by atoms with E-state index in [9.17, 15) is 0 Å². The topological polar surface area (TPSA) is 94.5 Å². The van der Waals surface area contributed by atoms with Crippen molar-refractivity contribution < 1.29 is 26.8 Å². The van der Waals surface area contributed by atoms with E-state index in [-0.39, 0.29) is 0 Å². The summed E-state index contributed by atoms with van der Waals surface area (Å²) in [6.07, 6.45) is 0. The van der Waals surface area contributed by atoms with Gasteiger partial charge < -0.3 is 4.55 Å². The summed E-state index contributed by atoms with van der Waals surface area (Å²) in [7, 11) is -3.03. The van der Waals surface area contributed by atoms with E-state index in [1.54, 1.807) is 4.74 Å². The van der Waals surface area contributed by atoms with Gasteiger partial charge in [0.25, 0.3) is 0 Å². The molecular weight excluding hydrogens is 198 g/mol. The van der Waals surface area contributed by atoms with Crippen LogP contribution in [0.1, 0.15) is 11.5 Å². The highest BCUT2D eigenvalue weighted by Gasteiger charge is 2.04. The van der Waals surface area contributed by atoms with Crippen molar-refractivity contribution in [3.05, 3.63) is 17.5 Å². The summed E-state index contributed by atoms with van der Waals surface area (Å²) in [5, 5.41) is 0. The Kier molecular flexibility index (Phi) is 4.05. The molecule has 1 N–H and O–H groups in total. The molecule has 0 spiro atoms. The minimum Gasteiger partial charge on any atom is -0.726 e. The molecule has 0 radical (unpaired) electrons. The zero-order valence-corrected chi connectivity index (χ0v) is 8.33. The summed E-state index contributed by atoms with van der Waals surface area (Å²) in [6, 6.07) is 2.00. The lowest BCUT2D eigenvalue weighted by Crippen LogP contribution is -2.27. The largest absolute Gasteiger partial charge is 0.726 e. The van der Waals surface area contributed by atoms with Gasteiger partial charge >= 0.3 is 0 Å². The van der Waals surface area contributed by atoms with Crippen molar-refractivity contribution in [3.8, 4) is 0 Å². The fourth-order valence-electron chi connectivity index (χ4n) is 0.699. The first-order valence-corrected chi connectivity index (χ1v) is 4.68. The van der Waals surface area contributed by atoms with Crippen molar-refractivity contribution in [2.24, 2.45) is 7.05 Å². The van der Waals surface area contributed by atoms with Gasteiger partial charge in [0.2, 0.25) is 16.1 Å². The zero-order valence-electron chi connectivity index (χ0n) is 7.51. The minimum absolute atomic E-state index is 0.963. The summed E-state index contributed by atoms with van der Waals surface area (Å²) in [6.45, 7) is 3.95. The predicted molar refractivity (Wildman–Crippen MR) is 41.7 cm³/mol. The lowest BCUT2D eigenvalue weighted by molar-refractivity contribution is -0.850. The summed E-state index contributed by atoms with van der Waals surface area (Å²) < 4.78 is 39.7. The van der Waals surface area contributed by atoms with Gasteiger partial charge in [-0.3, -0.25) is 4.55 Å². The maximum absolute atomic E-state index is 8.63. The van der Waals surface area contributed by atoms with Crippen LogP contribution >= 0.6 is 0 Å². The Hall–Kier alpha value is -0.920.